The van der Waals surface area contributed by atoms with Gasteiger partial charge in [0.1, 0.15) is 0 Å². The van der Waals surface area contributed by atoms with Gasteiger partial charge in [0.25, 0.3) is 0 Å². The van der Waals surface area contributed by atoms with Gasteiger partial charge in [-0.1, -0.05) is 6.07 Å². The molecule has 0 aromatic heterocycles. The first-order valence-corrected chi connectivity index (χ1v) is 6.18. The maximum absolute atomic E-state index is 13.1. The second-order valence-corrected chi connectivity index (χ2v) is 5.72. The van der Waals surface area contributed by atoms with Crippen molar-refractivity contribution in [1.82, 2.24) is 0 Å². The number of benzene rings is 1. The Morgan fingerprint density at radius 2 is 2.07 bits per heavy atom. The van der Waals surface area contributed by atoms with Gasteiger partial charge in [-0.3, -0.25) is 0 Å². The molecule has 0 unspecified atom stereocenters. The van der Waals surface area contributed by atoms with Gasteiger partial charge in [-0.15, -0.1) is 0 Å². The minimum Gasteiger partial charge on any atom is -0.505 e. The molecule has 78 valence electrons. The lowest BCUT2D eigenvalue weighted by atomic mass is 10.1. The first-order valence-electron chi connectivity index (χ1n) is 3.70. The van der Waals surface area contributed by atoms with Crippen LogP contribution in [0.3, 0.4) is 0 Å². The van der Waals surface area contributed by atoms with Crippen molar-refractivity contribution < 1.29 is 17.9 Å². The monoisotopic (exact) mass is 238 g/mol. The van der Waals surface area contributed by atoms with E-state index in [1.54, 1.807) is 6.92 Å². The lowest BCUT2D eigenvalue weighted by Crippen LogP contribution is -1.99. The molecule has 0 saturated heterocycles. The van der Waals surface area contributed by atoms with Crippen LogP contribution in [-0.4, -0.2) is 13.5 Å². The Hall–Kier alpha value is -0.810. The molecule has 1 N–H and O–H groups in total. The van der Waals surface area contributed by atoms with E-state index in [1.807, 2.05) is 0 Å². The molecule has 3 nitrogen and oxygen atoms in total. The van der Waals surface area contributed by atoms with Crippen molar-refractivity contribution in [3.63, 3.8) is 0 Å². The first-order chi connectivity index (χ1) is 6.29. The predicted molar refractivity (Wildman–Crippen MR) is 51.3 cm³/mol. The van der Waals surface area contributed by atoms with Gasteiger partial charge in [-0.05, 0) is 18.6 Å². The average Bonchev–Trinajstić information content (AvgIpc) is 1.96. The molecule has 0 radical (unpaired) electrons. The van der Waals surface area contributed by atoms with Gasteiger partial charge in [-0.2, -0.15) is 0 Å². The molecule has 1 aromatic rings. The molecule has 0 aliphatic heterocycles. The smallest absolute Gasteiger partial charge is 0.236 e. The number of halogens is 2. The Balaban J connectivity index is 3.22. The summed E-state index contributed by atoms with van der Waals surface area (Å²) in [5, 5.41) is 9.06. The van der Waals surface area contributed by atoms with Crippen LogP contribution in [0.1, 0.15) is 11.1 Å². The number of aromatic hydroxyl groups is 1. The predicted octanol–water partition coefficient (Wildman–Crippen LogP) is 1.91. The van der Waals surface area contributed by atoms with Gasteiger partial charge >= 0.3 is 0 Å². The van der Waals surface area contributed by atoms with Crippen LogP contribution in [0.2, 0.25) is 0 Å². The van der Waals surface area contributed by atoms with Crippen LogP contribution in [0.4, 0.5) is 4.39 Å². The molecule has 0 saturated carbocycles. The fourth-order valence-electron chi connectivity index (χ4n) is 1.11. The van der Waals surface area contributed by atoms with Crippen LogP contribution in [0.15, 0.2) is 12.1 Å². The highest BCUT2D eigenvalue weighted by Gasteiger charge is 2.14. The van der Waals surface area contributed by atoms with E-state index in [2.05, 4.69) is 0 Å². The molecule has 0 spiro atoms. The summed E-state index contributed by atoms with van der Waals surface area (Å²) in [6.45, 7) is 1.61. The van der Waals surface area contributed by atoms with Crippen molar-refractivity contribution in [2.24, 2.45) is 0 Å². The van der Waals surface area contributed by atoms with Crippen molar-refractivity contribution in [2.75, 3.05) is 0 Å². The van der Waals surface area contributed by atoms with E-state index in [4.69, 9.17) is 15.8 Å². The van der Waals surface area contributed by atoms with Gasteiger partial charge in [0.15, 0.2) is 11.6 Å². The standard InChI is InChI=1S/C8H8ClFO3S/c1-5-2-6(4-14(9,12)13)8(10)7(11)3-5/h2-3,11H,4H2,1H3. The third-order valence-corrected chi connectivity index (χ3v) is 2.58. The van der Waals surface area contributed by atoms with Crippen LogP contribution < -0.4 is 0 Å². The zero-order valence-corrected chi connectivity index (χ0v) is 8.86. The molecule has 0 heterocycles. The zero-order chi connectivity index (χ0) is 10.9. The summed E-state index contributed by atoms with van der Waals surface area (Å²) in [5.41, 5.74) is 0.441. The van der Waals surface area contributed by atoms with Crippen LogP contribution in [-0.2, 0) is 14.8 Å². The molecule has 0 atom stereocenters. The van der Waals surface area contributed by atoms with E-state index < -0.39 is 26.4 Å². The van der Waals surface area contributed by atoms with E-state index in [0.29, 0.717) is 5.56 Å². The summed E-state index contributed by atoms with van der Waals surface area (Å²) < 4.78 is 34.5. The Kier molecular flexibility index (Phi) is 3.01. The third-order valence-electron chi connectivity index (χ3n) is 1.60. The zero-order valence-electron chi connectivity index (χ0n) is 7.29. The minimum atomic E-state index is -3.81. The second-order valence-electron chi connectivity index (χ2n) is 2.94. The van der Waals surface area contributed by atoms with Crippen LogP contribution in [0.5, 0.6) is 5.75 Å². The maximum atomic E-state index is 13.1. The molecular weight excluding hydrogens is 231 g/mol. The lowest BCUT2D eigenvalue weighted by molar-refractivity contribution is 0.429. The fraction of sp³-hybridized carbons (Fsp3) is 0.250. The summed E-state index contributed by atoms with van der Waals surface area (Å²) >= 11 is 0. The van der Waals surface area contributed by atoms with Gasteiger partial charge in [0, 0.05) is 16.2 Å². The highest BCUT2D eigenvalue weighted by atomic mass is 35.7. The Bertz CT molecular complexity index is 456. The van der Waals surface area contributed by atoms with Crippen molar-refractivity contribution in [1.29, 1.82) is 0 Å². The van der Waals surface area contributed by atoms with E-state index in [1.165, 1.54) is 12.1 Å². The Labute approximate surface area is 85.6 Å². The normalized spacial score (nSPS) is 11.6. The van der Waals surface area contributed by atoms with Crippen molar-refractivity contribution in [2.45, 2.75) is 12.7 Å². The van der Waals surface area contributed by atoms with Crippen molar-refractivity contribution in [3.05, 3.63) is 29.1 Å². The number of phenolic OH excluding ortho intramolecular Hbond substituents is 1. The molecule has 1 aromatic carbocycles. The molecule has 6 heteroatoms. The van der Waals surface area contributed by atoms with Gasteiger partial charge in [0.2, 0.25) is 9.05 Å². The molecule has 0 aliphatic carbocycles. The average molecular weight is 239 g/mol. The van der Waals surface area contributed by atoms with Gasteiger partial charge < -0.3 is 5.11 Å². The van der Waals surface area contributed by atoms with Crippen molar-refractivity contribution >= 4 is 19.7 Å². The summed E-state index contributed by atoms with van der Waals surface area (Å²) in [7, 11) is 1.16. The molecule has 0 fully saturated rings. The number of rotatable bonds is 2. The summed E-state index contributed by atoms with van der Waals surface area (Å²) in [6, 6.07) is 2.54. The van der Waals surface area contributed by atoms with Crippen LogP contribution in [0.25, 0.3) is 0 Å². The maximum Gasteiger partial charge on any atom is 0.236 e. The minimum absolute atomic E-state index is 0.127. The van der Waals surface area contributed by atoms with E-state index >= 15 is 0 Å². The fourth-order valence-corrected chi connectivity index (χ4v) is 2.05. The lowest BCUT2D eigenvalue weighted by Gasteiger charge is -2.04. The first kappa shape index (κ1) is 11.3. The van der Waals surface area contributed by atoms with Crippen molar-refractivity contribution in [3.8, 4) is 5.75 Å². The Morgan fingerprint density at radius 1 is 1.50 bits per heavy atom. The van der Waals surface area contributed by atoms with E-state index in [0.717, 1.165) is 0 Å². The van der Waals surface area contributed by atoms with E-state index in [9.17, 15) is 12.8 Å². The molecular formula is C8H8ClFO3S. The molecule has 0 bridgehead atoms. The second kappa shape index (κ2) is 3.74. The topological polar surface area (TPSA) is 54.4 Å². The number of hydrogen-bond donors (Lipinski definition) is 1. The molecule has 14 heavy (non-hydrogen) atoms. The highest BCUT2D eigenvalue weighted by Crippen LogP contribution is 2.23. The highest BCUT2D eigenvalue weighted by molar-refractivity contribution is 8.13. The van der Waals surface area contributed by atoms with Crippen LogP contribution in [0, 0.1) is 12.7 Å². The number of aryl methyl sites for hydroxylation is 1. The van der Waals surface area contributed by atoms with Gasteiger partial charge in [-0.25, -0.2) is 12.8 Å². The summed E-state index contributed by atoms with van der Waals surface area (Å²) in [5.74, 6) is -2.14. The van der Waals surface area contributed by atoms with Gasteiger partial charge in [0.05, 0.1) is 5.75 Å². The molecule has 0 aliphatic rings. The van der Waals surface area contributed by atoms with Crippen LogP contribution >= 0.6 is 10.7 Å². The SMILES string of the molecule is Cc1cc(O)c(F)c(CS(=O)(=O)Cl)c1. The summed E-state index contributed by atoms with van der Waals surface area (Å²) in [4.78, 5) is 0. The quantitative estimate of drug-likeness (QED) is 0.801. The largest absolute Gasteiger partial charge is 0.505 e. The van der Waals surface area contributed by atoms with E-state index in [-0.39, 0.29) is 5.56 Å². The number of phenols is 1. The number of hydrogen-bond acceptors (Lipinski definition) is 3. The summed E-state index contributed by atoms with van der Waals surface area (Å²) in [6.07, 6.45) is 0. The Morgan fingerprint density at radius 3 is 2.57 bits per heavy atom. The molecule has 1 rings (SSSR count). The third kappa shape index (κ3) is 2.85. The molecule has 0 amide bonds.